The predicted molar refractivity (Wildman–Crippen MR) is 79.8 cm³/mol. The second-order valence-electron chi connectivity index (χ2n) is 4.97. The predicted octanol–water partition coefficient (Wildman–Crippen LogP) is 1.79. The molecule has 1 aliphatic heterocycles. The van der Waals surface area contributed by atoms with Gasteiger partial charge in [0, 0.05) is 37.2 Å². The fourth-order valence-electron chi connectivity index (χ4n) is 2.28. The van der Waals surface area contributed by atoms with Crippen molar-refractivity contribution in [2.75, 3.05) is 46.4 Å². The molecule has 4 heteroatoms. The van der Waals surface area contributed by atoms with Crippen molar-refractivity contribution >= 4 is 15.9 Å². The second-order valence-corrected chi connectivity index (χ2v) is 5.88. The van der Waals surface area contributed by atoms with Gasteiger partial charge < -0.3 is 5.32 Å². The van der Waals surface area contributed by atoms with E-state index in [0.29, 0.717) is 0 Å². The summed E-state index contributed by atoms with van der Waals surface area (Å²) in [6.07, 6.45) is 1.11. The lowest BCUT2D eigenvalue weighted by Crippen LogP contribution is -2.47. The third kappa shape index (κ3) is 4.69. The summed E-state index contributed by atoms with van der Waals surface area (Å²) in [7, 11) is 2.21. The topological polar surface area (TPSA) is 18.5 Å². The highest BCUT2D eigenvalue weighted by Crippen LogP contribution is 2.12. The summed E-state index contributed by atoms with van der Waals surface area (Å²) in [6, 6.07) is 8.59. The van der Waals surface area contributed by atoms with E-state index in [9.17, 15) is 0 Å². The van der Waals surface area contributed by atoms with E-state index >= 15 is 0 Å². The summed E-state index contributed by atoms with van der Waals surface area (Å²) >= 11 is 3.52. The Balaban J connectivity index is 1.72. The number of nitrogens with zero attached hydrogens (tertiary/aromatic N) is 2. The molecule has 1 heterocycles. The molecule has 1 N–H and O–H groups in total. The van der Waals surface area contributed by atoms with Crippen LogP contribution in [0.3, 0.4) is 0 Å². The molecule has 0 aromatic heterocycles. The van der Waals surface area contributed by atoms with E-state index < -0.39 is 0 Å². The van der Waals surface area contributed by atoms with Gasteiger partial charge in [-0.1, -0.05) is 28.1 Å². The van der Waals surface area contributed by atoms with Crippen LogP contribution >= 0.6 is 15.9 Å². The lowest BCUT2D eigenvalue weighted by molar-refractivity contribution is 0.140. The Kier molecular flexibility index (Phi) is 5.63. The second kappa shape index (κ2) is 7.24. The number of hydrogen-bond acceptors (Lipinski definition) is 3. The average Bonchev–Trinajstić information content (AvgIpc) is 2.38. The van der Waals surface area contributed by atoms with E-state index in [1.807, 2.05) is 0 Å². The molecule has 1 saturated heterocycles. The lowest BCUT2D eigenvalue weighted by Gasteiger charge is -2.31. The van der Waals surface area contributed by atoms with Crippen LogP contribution in [0.25, 0.3) is 0 Å². The van der Waals surface area contributed by atoms with Crippen LogP contribution in [-0.4, -0.2) is 56.2 Å². The monoisotopic (exact) mass is 311 g/mol. The number of nitrogens with one attached hydrogen (secondary N) is 1. The maximum absolute atomic E-state index is 3.52. The van der Waals surface area contributed by atoms with E-state index in [4.69, 9.17) is 0 Å². The minimum absolute atomic E-state index is 1.08. The summed E-state index contributed by atoms with van der Waals surface area (Å²) in [5.74, 6) is 0. The van der Waals surface area contributed by atoms with Gasteiger partial charge in [-0.05, 0) is 31.2 Å². The van der Waals surface area contributed by atoms with Crippen LogP contribution < -0.4 is 5.32 Å². The largest absolute Gasteiger partial charge is 0.314 e. The third-order valence-electron chi connectivity index (χ3n) is 3.32. The molecule has 0 unspecified atom stereocenters. The lowest BCUT2D eigenvalue weighted by atomic mass is 10.1. The third-order valence-corrected chi connectivity index (χ3v) is 3.82. The molecule has 0 aliphatic carbocycles. The molecular formula is C14H22BrN3. The van der Waals surface area contributed by atoms with Crippen molar-refractivity contribution in [3.63, 3.8) is 0 Å². The Hall–Kier alpha value is -0.420. The molecule has 18 heavy (non-hydrogen) atoms. The molecule has 0 saturated carbocycles. The van der Waals surface area contributed by atoms with Crippen LogP contribution in [0.1, 0.15) is 5.56 Å². The summed E-state index contributed by atoms with van der Waals surface area (Å²) < 4.78 is 1.17. The van der Waals surface area contributed by atoms with Crippen LogP contribution in [0.5, 0.6) is 0 Å². The first kappa shape index (κ1) is 14.0. The van der Waals surface area contributed by atoms with Gasteiger partial charge in [0.25, 0.3) is 0 Å². The Morgan fingerprint density at radius 2 is 2.11 bits per heavy atom. The van der Waals surface area contributed by atoms with Gasteiger partial charge >= 0.3 is 0 Å². The summed E-state index contributed by atoms with van der Waals surface area (Å²) in [5, 5.41) is 3.39. The maximum atomic E-state index is 3.52. The minimum Gasteiger partial charge on any atom is -0.314 e. The molecule has 1 aromatic rings. The van der Waals surface area contributed by atoms with Crippen molar-refractivity contribution in [3.05, 3.63) is 34.3 Å². The minimum atomic E-state index is 1.08. The molecule has 1 aromatic carbocycles. The number of hydrogen-bond donors (Lipinski definition) is 1. The number of rotatable bonds is 5. The van der Waals surface area contributed by atoms with E-state index in [-0.39, 0.29) is 0 Å². The van der Waals surface area contributed by atoms with Gasteiger partial charge in [0.15, 0.2) is 0 Å². The Morgan fingerprint density at radius 1 is 1.33 bits per heavy atom. The van der Waals surface area contributed by atoms with Crippen molar-refractivity contribution in [1.29, 1.82) is 0 Å². The van der Waals surface area contributed by atoms with Crippen molar-refractivity contribution < 1.29 is 0 Å². The van der Waals surface area contributed by atoms with Gasteiger partial charge in [-0.3, -0.25) is 9.80 Å². The van der Waals surface area contributed by atoms with E-state index in [1.165, 1.54) is 23.1 Å². The van der Waals surface area contributed by atoms with E-state index in [2.05, 4.69) is 62.4 Å². The fraction of sp³-hybridized carbons (Fsp3) is 0.571. The van der Waals surface area contributed by atoms with E-state index in [1.54, 1.807) is 0 Å². The highest BCUT2D eigenvalue weighted by molar-refractivity contribution is 9.10. The van der Waals surface area contributed by atoms with Crippen molar-refractivity contribution in [2.45, 2.75) is 6.42 Å². The smallest absolute Gasteiger partial charge is 0.0504 e. The van der Waals surface area contributed by atoms with Gasteiger partial charge in [0.1, 0.15) is 0 Å². The quantitative estimate of drug-likeness (QED) is 0.894. The summed E-state index contributed by atoms with van der Waals surface area (Å²) in [6.45, 7) is 6.78. The fourth-order valence-corrected chi connectivity index (χ4v) is 2.72. The van der Waals surface area contributed by atoms with Gasteiger partial charge in [0.2, 0.25) is 0 Å². The maximum Gasteiger partial charge on any atom is 0.0504 e. The highest BCUT2D eigenvalue weighted by atomic mass is 79.9. The number of likely N-dealkylation sites (N-methyl/N-ethyl adjacent to an activating group) is 1. The first-order chi connectivity index (χ1) is 8.74. The van der Waals surface area contributed by atoms with Gasteiger partial charge in [-0.25, -0.2) is 0 Å². The standard InChI is InChI=1S/C14H22BrN3/c1-17(12-18-9-6-16-7-10-18)8-5-13-3-2-4-14(15)11-13/h2-4,11,16H,5-10,12H2,1H3. The SMILES string of the molecule is CN(CCc1cccc(Br)c1)CN1CCNCC1. The van der Waals surface area contributed by atoms with Crippen molar-refractivity contribution in [1.82, 2.24) is 15.1 Å². The van der Waals surface area contributed by atoms with Crippen molar-refractivity contribution in [3.8, 4) is 0 Å². The first-order valence-electron chi connectivity index (χ1n) is 6.60. The van der Waals surface area contributed by atoms with Gasteiger partial charge in [-0.15, -0.1) is 0 Å². The molecule has 0 radical (unpaired) electrons. The normalized spacial score (nSPS) is 17.3. The van der Waals surface area contributed by atoms with Crippen LogP contribution in [-0.2, 0) is 6.42 Å². The zero-order chi connectivity index (χ0) is 12.8. The molecule has 1 fully saturated rings. The highest BCUT2D eigenvalue weighted by Gasteiger charge is 2.11. The zero-order valence-corrected chi connectivity index (χ0v) is 12.6. The molecular weight excluding hydrogens is 290 g/mol. The Bertz CT molecular complexity index is 364. The van der Waals surface area contributed by atoms with Crippen molar-refractivity contribution in [2.24, 2.45) is 0 Å². The summed E-state index contributed by atoms with van der Waals surface area (Å²) in [4.78, 5) is 4.92. The van der Waals surface area contributed by atoms with Crippen LogP contribution in [0.2, 0.25) is 0 Å². The van der Waals surface area contributed by atoms with Crippen LogP contribution in [0.15, 0.2) is 28.7 Å². The summed E-state index contributed by atoms with van der Waals surface area (Å²) in [5.41, 5.74) is 1.40. The van der Waals surface area contributed by atoms with Crippen LogP contribution in [0.4, 0.5) is 0 Å². The molecule has 2 rings (SSSR count). The van der Waals surface area contributed by atoms with Gasteiger partial charge in [-0.2, -0.15) is 0 Å². The molecule has 0 spiro atoms. The number of piperazine rings is 1. The van der Waals surface area contributed by atoms with E-state index in [0.717, 1.165) is 32.7 Å². The molecule has 0 atom stereocenters. The Morgan fingerprint density at radius 3 is 2.83 bits per heavy atom. The average molecular weight is 312 g/mol. The molecule has 0 amide bonds. The number of halogens is 1. The molecule has 3 nitrogen and oxygen atoms in total. The van der Waals surface area contributed by atoms with Gasteiger partial charge in [0.05, 0.1) is 6.67 Å². The zero-order valence-electron chi connectivity index (χ0n) is 11.0. The number of benzene rings is 1. The molecule has 0 bridgehead atoms. The molecule has 1 aliphatic rings. The first-order valence-corrected chi connectivity index (χ1v) is 7.39. The molecule has 100 valence electrons. The Labute approximate surface area is 118 Å². The van der Waals surface area contributed by atoms with Crippen LogP contribution in [0, 0.1) is 0 Å².